The van der Waals surface area contributed by atoms with Gasteiger partial charge in [-0.25, -0.2) is 0 Å². The number of hydrogen-bond acceptors (Lipinski definition) is 6. The molecule has 0 spiro atoms. The number of nitrogens with one attached hydrogen (secondary N) is 1. The number of nitro groups is 1. The third-order valence-electron chi connectivity index (χ3n) is 4.30. The second-order valence-electron chi connectivity index (χ2n) is 6.15. The number of benzene rings is 1. The fourth-order valence-corrected chi connectivity index (χ4v) is 3.03. The van der Waals surface area contributed by atoms with Crippen LogP contribution >= 0.6 is 0 Å². The first-order valence-corrected chi connectivity index (χ1v) is 8.29. The first-order chi connectivity index (χ1) is 12.0. The summed E-state index contributed by atoms with van der Waals surface area (Å²) in [5.74, 6) is 0.512. The fraction of sp³-hybridized carbons (Fsp3) is 0.471. The predicted octanol–water partition coefficient (Wildman–Crippen LogP) is 2.77. The summed E-state index contributed by atoms with van der Waals surface area (Å²) in [6.45, 7) is 4.05. The molecular formula is C17H22N4O4. The van der Waals surface area contributed by atoms with Gasteiger partial charge in [-0.1, -0.05) is 6.92 Å². The molecule has 2 aromatic rings. The molecule has 25 heavy (non-hydrogen) atoms. The minimum absolute atomic E-state index is 0.108. The summed E-state index contributed by atoms with van der Waals surface area (Å²) in [4.78, 5) is 13.3. The van der Waals surface area contributed by atoms with Gasteiger partial charge in [-0.15, -0.1) is 0 Å². The van der Waals surface area contributed by atoms with Crippen LogP contribution in [0.2, 0.25) is 0 Å². The Morgan fingerprint density at radius 2 is 2.24 bits per heavy atom. The van der Waals surface area contributed by atoms with Crippen LogP contribution in [-0.2, 0) is 13.0 Å². The first-order valence-electron chi connectivity index (χ1n) is 8.29. The third-order valence-corrected chi connectivity index (χ3v) is 4.30. The molecule has 1 aliphatic rings. The number of methoxy groups -OCH3 is 1. The van der Waals surface area contributed by atoms with E-state index in [2.05, 4.69) is 15.1 Å². The van der Waals surface area contributed by atoms with Gasteiger partial charge in [0.1, 0.15) is 0 Å². The summed E-state index contributed by atoms with van der Waals surface area (Å²) in [5, 5.41) is 19.0. The maximum atomic E-state index is 11.5. The largest absolute Gasteiger partial charge is 0.493 e. The summed E-state index contributed by atoms with van der Waals surface area (Å²) in [6, 6.07) is 3.27. The topological polar surface area (TPSA) is 93.5 Å². The molecule has 0 saturated carbocycles. The summed E-state index contributed by atoms with van der Waals surface area (Å²) >= 11 is 0. The number of likely N-dealkylation sites (N-methyl/N-ethyl adjacent to an activating group) is 1. The highest BCUT2D eigenvalue weighted by Crippen LogP contribution is 2.42. The van der Waals surface area contributed by atoms with Crippen LogP contribution in [-0.4, -0.2) is 47.3 Å². The van der Waals surface area contributed by atoms with Crippen molar-refractivity contribution in [2.45, 2.75) is 26.3 Å². The van der Waals surface area contributed by atoms with Crippen LogP contribution < -0.4 is 9.47 Å². The SMILES string of the molecule is CCCOc1c(OC)cc(-c2n[nH]c3c2CN(C)CC3)cc1[N+](=O)[O-]. The van der Waals surface area contributed by atoms with Gasteiger partial charge in [0, 0.05) is 42.4 Å². The van der Waals surface area contributed by atoms with E-state index in [9.17, 15) is 10.1 Å². The Bertz CT molecular complexity index is 787. The Morgan fingerprint density at radius 3 is 2.92 bits per heavy atom. The van der Waals surface area contributed by atoms with Gasteiger partial charge in [-0.2, -0.15) is 5.10 Å². The van der Waals surface area contributed by atoms with E-state index in [1.807, 2.05) is 14.0 Å². The predicted molar refractivity (Wildman–Crippen MR) is 93.1 cm³/mol. The Balaban J connectivity index is 2.10. The molecule has 3 rings (SSSR count). The Morgan fingerprint density at radius 1 is 1.44 bits per heavy atom. The Hall–Kier alpha value is -2.61. The zero-order valence-corrected chi connectivity index (χ0v) is 14.7. The zero-order chi connectivity index (χ0) is 18.0. The van der Waals surface area contributed by atoms with Gasteiger partial charge >= 0.3 is 5.69 Å². The molecule has 0 unspecified atom stereocenters. The maximum absolute atomic E-state index is 11.5. The Labute approximate surface area is 145 Å². The molecular weight excluding hydrogens is 324 g/mol. The number of aromatic nitrogens is 2. The van der Waals surface area contributed by atoms with Crippen molar-refractivity contribution in [3.05, 3.63) is 33.5 Å². The summed E-state index contributed by atoms with van der Waals surface area (Å²) in [6.07, 6.45) is 1.64. The van der Waals surface area contributed by atoms with E-state index >= 15 is 0 Å². The summed E-state index contributed by atoms with van der Waals surface area (Å²) in [5.41, 5.74) is 3.43. The highest BCUT2D eigenvalue weighted by Gasteiger charge is 2.26. The number of aromatic amines is 1. The summed E-state index contributed by atoms with van der Waals surface area (Å²) in [7, 11) is 3.53. The molecule has 1 aliphatic heterocycles. The molecule has 0 saturated heterocycles. The highest BCUT2D eigenvalue weighted by molar-refractivity contribution is 5.73. The number of nitrogens with zero attached hydrogens (tertiary/aromatic N) is 3. The maximum Gasteiger partial charge on any atom is 0.315 e. The Kier molecular flexibility index (Phi) is 4.89. The van der Waals surface area contributed by atoms with E-state index in [0.717, 1.165) is 42.9 Å². The van der Waals surface area contributed by atoms with E-state index in [0.29, 0.717) is 17.9 Å². The van der Waals surface area contributed by atoms with Crippen LogP contribution in [0.25, 0.3) is 11.3 Å². The second-order valence-corrected chi connectivity index (χ2v) is 6.15. The van der Waals surface area contributed by atoms with Crippen molar-refractivity contribution in [1.82, 2.24) is 15.1 Å². The minimum atomic E-state index is -0.442. The minimum Gasteiger partial charge on any atom is -0.493 e. The lowest BCUT2D eigenvalue weighted by Gasteiger charge is -2.22. The fourth-order valence-electron chi connectivity index (χ4n) is 3.03. The van der Waals surface area contributed by atoms with Crippen molar-refractivity contribution < 1.29 is 14.4 Å². The molecule has 0 atom stereocenters. The van der Waals surface area contributed by atoms with Crippen LogP contribution in [0.5, 0.6) is 11.5 Å². The molecule has 0 bridgehead atoms. The van der Waals surface area contributed by atoms with Crippen molar-refractivity contribution in [2.24, 2.45) is 0 Å². The highest BCUT2D eigenvalue weighted by atomic mass is 16.6. The lowest BCUT2D eigenvalue weighted by molar-refractivity contribution is -0.385. The zero-order valence-electron chi connectivity index (χ0n) is 14.7. The van der Waals surface area contributed by atoms with Crippen LogP contribution in [0.1, 0.15) is 24.6 Å². The van der Waals surface area contributed by atoms with Crippen molar-refractivity contribution in [1.29, 1.82) is 0 Å². The van der Waals surface area contributed by atoms with Crippen LogP contribution in [0, 0.1) is 10.1 Å². The number of H-pyrrole nitrogens is 1. The number of hydrogen-bond donors (Lipinski definition) is 1. The number of ether oxygens (including phenoxy) is 2. The molecule has 8 nitrogen and oxygen atoms in total. The van der Waals surface area contributed by atoms with Gasteiger partial charge in [0.2, 0.25) is 5.75 Å². The molecule has 1 aromatic carbocycles. The molecule has 134 valence electrons. The molecule has 2 heterocycles. The first kappa shape index (κ1) is 17.2. The lowest BCUT2D eigenvalue weighted by atomic mass is 10.0. The van der Waals surface area contributed by atoms with Crippen molar-refractivity contribution >= 4 is 5.69 Å². The standard InChI is InChI=1S/C17H22N4O4/c1-4-7-25-17-14(21(22)23)8-11(9-15(17)24-3)16-12-10-20(2)6-5-13(12)18-19-16/h8-9H,4-7,10H2,1-3H3,(H,18,19). The average Bonchev–Trinajstić information content (AvgIpc) is 3.02. The van der Waals surface area contributed by atoms with Gasteiger partial charge < -0.3 is 14.4 Å². The lowest BCUT2D eigenvalue weighted by Crippen LogP contribution is -2.26. The molecule has 8 heteroatoms. The smallest absolute Gasteiger partial charge is 0.315 e. The van der Waals surface area contributed by atoms with Gasteiger partial charge in [0.05, 0.1) is 24.3 Å². The van der Waals surface area contributed by atoms with Gasteiger partial charge in [-0.3, -0.25) is 15.2 Å². The van der Waals surface area contributed by atoms with E-state index in [1.54, 1.807) is 6.07 Å². The van der Waals surface area contributed by atoms with Crippen LogP contribution in [0.3, 0.4) is 0 Å². The van der Waals surface area contributed by atoms with Gasteiger partial charge in [-0.05, 0) is 19.5 Å². The quantitative estimate of drug-likeness (QED) is 0.638. The van der Waals surface area contributed by atoms with E-state index in [1.165, 1.54) is 13.2 Å². The van der Waals surface area contributed by atoms with Crippen LogP contribution in [0.15, 0.2) is 12.1 Å². The normalized spacial score (nSPS) is 14.2. The van der Waals surface area contributed by atoms with Crippen molar-refractivity contribution in [2.75, 3.05) is 27.3 Å². The van der Waals surface area contributed by atoms with Gasteiger partial charge in [0.15, 0.2) is 5.75 Å². The van der Waals surface area contributed by atoms with E-state index in [4.69, 9.17) is 9.47 Å². The number of nitro benzene ring substituents is 1. The average molecular weight is 346 g/mol. The molecule has 0 amide bonds. The molecule has 0 fully saturated rings. The van der Waals surface area contributed by atoms with E-state index in [-0.39, 0.29) is 11.4 Å². The number of rotatable bonds is 6. The molecule has 0 radical (unpaired) electrons. The molecule has 0 aliphatic carbocycles. The van der Waals surface area contributed by atoms with Crippen LogP contribution in [0.4, 0.5) is 5.69 Å². The number of fused-ring (bicyclic) bond motifs is 1. The van der Waals surface area contributed by atoms with E-state index < -0.39 is 4.92 Å². The monoisotopic (exact) mass is 346 g/mol. The van der Waals surface area contributed by atoms with Gasteiger partial charge in [0.25, 0.3) is 0 Å². The van der Waals surface area contributed by atoms with Crippen molar-refractivity contribution in [3.63, 3.8) is 0 Å². The second kappa shape index (κ2) is 7.10. The van der Waals surface area contributed by atoms with Crippen molar-refractivity contribution in [3.8, 4) is 22.8 Å². The molecule has 1 aromatic heterocycles. The third kappa shape index (κ3) is 3.30. The summed E-state index contributed by atoms with van der Waals surface area (Å²) < 4.78 is 10.9. The molecule has 1 N–H and O–H groups in total.